The van der Waals surface area contributed by atoms with Crippen LogP contribution in [0.1, 0.15) is 11.1 Å². The van der Waals surface area contributed by atoms with E-state index in [1.54, 1.807) is 18.2 Å². The van der Waals surface area contributed by atoms with E-state index in [9.17, 15) is 9.90 Å². The van der Waals surface area contributed by atoms with Crippen molar-refractivity contribution in [3.8, 4) is 11.3 Å². The van der Waals surface area contributed by atoms with E-state index in [4.69, 9.17) is 16.3 Å². The Morgan fingerprint density at radius 2 is 1.68 bits per heavy atom. The molecule has 4 aromatic rings. The number of aliphatic hydroxyl groups excluding tert-OH is 1. The molecule has 1 aromatic heterocycles. The summed E-state index contributed by atoms with van der Waals surface area (Å²) in [5, 5.41) is 17.1. The molecule has 0 bridgehead atoms. The van der Waals surface area contributed by atoms with Gasteiger partial charge in [0.1, 0.15) is 0 Å². The molecular formula is C25H23ClN2O3. The molecule has 1 atom stereocenters. The standard InChI is InChI=1S/C25H23ClN2O3/c1-17-6-10-19(11-7-17)24-22-4-2-3-5-23(22)25(30)28(27-24)14-21(29)16-31-15-18-8-12-20(26)13-9-18/h2-13,21,29H,14-16H2,1H3. The highest BCUT2D eigenvalue weighted by atomic mass is 35.5. The summed E-state index contributed by atoms with van der Waals surface area (Å²) in [6, 6.07) is 22.8. The zero-order chi connectivity index (χ0) is 21.8. The fourth-order valence-corrected chi connectivity index (χ4v) is 3.56. The Morgan fingerprint density at radius 1 is 1.00 bits per heavy atom. The van der Waals surface area contributed by atoms with Crippen molar-refractivity contribution in [1.82, 2.24) is 9.78 Å². The van der Waals surface area contributed by atoms with Crippen molar-refractivity contribution in [1.29, 1.82) is 0 Å². The molecule has 4 rings (SSSR count). The highest BCUT2D eigenvalue weighted by Gasteiger charge is 2.15. The first-order valence-electron chi connectivity index (χ1n) is 10.1. The van der Waals surface area contributed by atoms with Crippen molar-refractivity contribution < 1.29 is 9.84 Å². The molecule has 0 fully saturated rings. The van der Waals surface area contributed by atoms with Gasteiger partial charge in [-0.3, -0.25) is 4.79 Å². The van der Waals surface area contributed by atoms with E-state index < -0.39 is 6.10 Å². The fraction of sp³-hybridized carbons (Fsp3) is 0.200. The Labute approximate surface area is 185 Å². The van der Waals surface area contributed by atoms with Gasteiger partial charge in [-0.25, -0.2) is 4.68 Å². The van der Waals surface area contributed by atoms with E-state index in [-0.39, 0.29) is 18.7 Å². The minimum Gasteiger partial charge on any atom is -0.389 e. The summed E-state index contributed by atoms with van der Waals surface area (Å²) >= 11 is 5.89. The van der Waals surface area contributed by atoms with E-state index in [2.05, 4.69) is 5.10 Å². The number of hydrogen-bond donors (Lipinski definition) is 1. The third kappa shape index (κ3) is 5.02. The van der Waals surface area contributed by atoms with Gasteiger partial charge in [-0.05, 0) is 30.7 Å². The summed E-state index contributed by atoms with van der Waals surface area (Å²) < 4.78 is 6.94. The first-order valence-corrected chi connectivity index (χ1v) is 10.5. The SMILES string of the molecule is Cc1ccc(-c2nn(CC(O)COCc3ccc(Cl)cc3)c(=O)c3ccccc23)cc1. The monoisotopic (exact) mass is 434 g/mol. The van der Waals surface area contributed by atoms with Crippen molar-refractivity contribution in [2.45, 2.75) is 26.2 Å². The van der Waals surface area contributed by atoms with Gasteiger partial charge in [0.15, 0.2) is 0 Å². The highest BCUT2D eigenvalue weighted by molar-refractivity contribution is 6.30. The zero-order valence-corrected chi connectivity index (χ0v) is 17.9. The summed E-state index contributed by atoms with van der Waals surface area (Å²) in [5.41, 5.74) is 3.51. The molecule has 3 aromatic carbocycles. The van der Waals surface area contributed by atoms with Gasteiger partial charge in [0, 0.05) is 16.0 Å². The van der Waals surface area contributed by atoms with Gasteiger partial charge in [0.25, 0.3) is 5.56 Å². The van der Waals surface area contributed by atoms with E-state index in [0.717, 1.165) is 22.1 Å². The molecule has 0 saturated carbocycles. The topological polar surface area (TPSA) is 64.3 Å². The van der Waals surface area contributed by atoms with E-state index in [1.165, 1.54) is 4.68 Å². The van der Waals surface area contributed by atoms with Crippen LogP contribution >= 0.6 is 11.6 Å². The predicted molar refractivity (Wildman–Crippen MR) is 123 cm³/mol. The van der Waals surface area contributed by atoms with Gasteiger partial charge in [-0.2, -0.15) is 5.10 Å². The smallest absolute Gasteiger partial charge is 0.274 e. The zero-order valence-electron chi connectivity index (χ0n) is 17.2. The number of rotatable bonds is 7. The molecule has 0 amide bonds. The van der Waals surface area contributed by atoms with Crippen molar-refractivity contribution in [2.24, 2.45) is 0 Å². The number of hydrogen-bond acceptors (Lipinski definition) is 4. The maximum atomic E-state index is 13.0. The first kappa shape index (κ1) is 21.2. The Bertz CT molecular complexity index is 1230. The molecule has 0 spiro atoms. The van der Waals surface area contributed by atoms with Crippen LogP contribution in [0.3, 0.4) is 0 Å². The highest BCUT2D eigenvalue weighted by Crippen LogP contribution is 2.25. The normalized spacial score (nSPS) is 12.2. The minimum atomic E-state index is -0.871. The maximum absolute atomic E-state index is 13.0. The lowest BCUT2D eigenvalue weighted by Gasteiger charge is -2.15. The van der Waals surface area contributed by atoms with Crippen LogP contribution in [0, 0.1) is 6.92 Å². The summed E-state index contributed by atoms with van der Waals surface area (Å²) in [7, 11) is 0. The molecule has 0 aliphatic heterocycles. The molecule has 1 N–H and O–H groups in total. The second-order valence-corrected chi connectivity index (χ2v) is 7.98. The number of aliphatic hydroxyl groups is 1. The van der Waals surface area contributed by atoms with E-state index in [0.29, 0.717) is 22.7 Å². The first-order chi connectivity index (χ1) is 15.0. The lowest BCUT2D eigenvalue weighted by Crippen LogP contribution is -2.31. The molecule has 0 aliphatic rings. The molecule has 1 heterocycles. The minimum absolute atomic E-state index is 0.0448. The van der Waals surface area contributed by atoms with Gasteiger partial charge in [0.05, 0.1) is 36.9 Å². The maximum Gasteiger partial charge on any atom is 0.274 e. The second kappa shape index (κ2) is 9.43. The summed E-state index contributed by atoms with van der Waals surface area (Å²) in [4.78, 5) is 13.0. The third-order valence-corrected chi connectivity index (χ3v) is 5.32. The van der Waals surface area contributed by atoms with Crippen LogP contribution in [0.5, 0.6) is 0 Å². The van der Waals surface area contributed by atoms with Crippen molar-refractivity contribution in [3.05, 3.63) is 99.3 Å². The predicted octanol–water partition coefficient (Wildman–Crippen LogP) is 4.60. The van der Waals surface area contributed by atoms with Gasteiger partial charge in [-0.1, -0.05) is 71.8 Å². The number of halogens is 1. The number of aromatic nitrogens is 2. The number of nitrogens with zero attached hydrogens (tertiary/aromatic N) is 2. The van der Waals surface area contributed by atoms with Gasteiger partial charge in [-0.15, -0.1) is 0 Å². The van der Waals surface area contributed by atoms with Gasteiger partial charge in [0.2, 0.25) is 0 Å². The Kier molecular flexibility index (Phi) is 6.47. The molecule has 158 valence electrons. The molecular weight excluding hydrogens is 412 g/mol. The largest absolute Gasteiger partial charge is 0.389 e. The van der Waals surface area contributed by atoms with Crippen molar-refractivity contribution in [2.75, 3.05) is 6.61 Å². The summed E-state index contributed by atoms with van der Waals surface area (Å²) in [5.74, 6) is 0. The second-order valence-electron chi connectivity index (χ2n) is 7.54. The quantitative estimate of drug-likeness (QED) is 0.461. The van der Waals surface area contributed by atoms with Crippen LogP contribution < -0.4 is 5.56 Å². The average Bonchev–Trinajstić information content (AvgIpc) is 2.78. The number of aryl methyl sites for hydroxylation is 1. The lowest BCUT2D eigenvalue weighted by molar-refractivity contribution is 0.0181. The molecule has 31 heavy (non-hydrogen) atoms. The molecule has 0 radical (unpaired) electrons. The van der Waals surface area contributed by atoms with Crippen LogP contribution in [0.2, 0.25) is 5.02 Å². The van der Waals surface area contributed by atoms with Crippen LogP contribution in [0.15, 0.2) is 77.6 Å². The summed E-state index contributed by atoms with van der Waals surface area (Å²) in [6.07, 6.45) is -0.871. The van der Waals surface area contributed by atoms with Crippen LogP contribution in [0.25, 0.3) is 22.0 Å². The third-order valence-electron chi connectivity index (χ3n) is 5.07. The van der Waals surface area contributed by atoms with Gasteiger partial charge < -0.3 is 9.84 Å². The van der Waals surface area contributed by atoms with Crippen LogP contribution in [0.4, 0.5) is 0 Å². The number of ether oxygens (including phenoxy) is 1. The molecule has 6 heteroatoms. The Morgan fingerprint density at radius 3 is 2.39 bits per heavy atom. The number of benzene rings is 3. The Hall–Kier alpha value is -2.99. The lowest BCUT2D eigenvalue weighted by atomic mass is 10.0. The fourth-order valence-electron chi connectivity index (χ4n) is 3.43. The van der Waals surface area contributed by atoms with E-state index >= 15 is 0 Å². The molecule has 0 aliphatic carbocycles. The summed E-state index contributed by atoms with van der Waals surface area (Å²) in [6.45, 7) is 2.51. The number of fused-ring (bicyclic) bond motifs is 1. The van der Waals surface area contributed by atoms with Gasteiger partial charge >= 0.3 is 0 Å². The Balaban J connectivity index is 1.55. The van der Waals surface area contributed by atoms with Crippen LogP contribution in [-0.4, -0.2) is 27.6 Å². The average molecular weight is 435 g/mol. The molecule has 0 saturated heterocycles. The van der Waals surface area contributed by atoms with E-state index in [1.807, 2.05) is 61.5 Å². The van der Waals surface area contributed by atoms with Crippen LogP contribution in [-0.2, 0) is 17.9 Å². The molecule has 5 nitrogen and oxygen atoms in total. The van der Waals surface area contributed by atoms with Crippen molar-refractivity contribution in [3.63, 3.8) is 0 Å². The molecule has 1 unspecified atom stereocenters. The van der Waals surface area contributed by atoms with Crippen molar-refractivity contribution >= 4 is 22.4 Å².